The number of aromatic nitrogens is 3. The minimum absolute atomic E-state index is 0.237. The fourth-order valence-electron chi connectivity index (χ4n) is 2.80. The molecule has 0 aromatic carbocycles. The maximum Gasteiger partial charge on any atom is 0.227 e. The Kier molecular flexibility index (Phi) is 3.78. The number of aliphatic hydroxyl groups is 1. The van der Waals surface area contributed by atoms with Gasteiger partial charge in [-0.1, -0.05) is 18.0 Å². The summed E-state index contributed by atoms with van der Waals surface area (Å²) in [5.41, 5.74) is 1.97. The zero-order valence-electron chi connectivity index (χ0n) is 11.6. The van der Waals surface area contributed by atoms with Gasteiger partial charge in [0.1, 0.15) is 0 Å². The molecule has 1 fully saturated rings. The largest absolute Gasteiger partial charge is 0.393 e. The SMILES string of the molecule is Cc1ccncc1-c1noc(CC2CCCCC2O)n1. The first-order valence-electron chi connectivity index (χ1n) is 7.15. The number of hydrogen-bond acceptors (Lipinski definition) is 5. The number of pyridine rings is 1. The molecule has 106 valence electrons. The van der Waals surface area contributed by atoms with Crippen molar-refractivity contribution in [2.45, 2.75) is 45.1 Å². The van der Waals surface area contributed by atoms with Crippen LogP contribution in [-0.2, 0) is 6.42 Å². The van der Waals surface area contributed by atoms with E-state index in [1.807, 2.05) is 13.0 Å². The molecule has 3 rings (SSSR count). The van der Waals surface area contributed by atoms with Crippen molar-refractivity contribution in [3.63, 3.8) is 0 Å². The van der Waals surface area contributed by atoms with E-state index in [-0.39, 0.29) is 12.0 Å². The molecule has 0 radical (unpaired) electrons. The number of hydrogen-bond donors (Lipinski definition) is 1. The van der Waals surface area contributed by atoms with Gasteiger partial charge in [-0.15, -0.1) is 0 Å². The molecule has 0 aliphatic heterocycles. The van der Waals surface area contributed by atoms with Crippen molar-refractivity contribution in [2.75, 3.05) is 0 Å². The van der Waals surface area contributed by atoms with E-state index in [2.05, 4.69) is 15.1 Å². The van der Waals surface area contributed by atoms with E-state index in [9.17, 15) is 5.11 Å². The highest BCUT2D eigenvalue weighted by Crippen LogP contribution is 2.28. The second-order valence-electron chi connectivity index (χ2n) is 5.52. The Morgan fingerprint density at radius 3 is 3.00 bits per heavy atom. The third-order valence-electron chi connectivity index (χ3n) is 4.05. The van der Waals surface area contributed by atoms with Gasteiger partial charge in [0.15, 0.2) is 0 Å². The minimum atomic E-state index is -0.237. The number of rotatable bonds is 3. The van der Waals surface area contributed by atoms with Gasteiger partial charge in [-0.2, -0.15) is 4.98 Å². The normalized spacial score (nSPS) is 22.9. The Balaban J connectivity index is 1.75. The Hall–Kier alpha value is -1.75. The monoisotopic (exact) mass is 273 g/mol. The molecule has 2 aromatic heterocycles. The summed E-state index contributed by atoms with van der Waals surface area (Å²) in [5.74, 6) is 1.43. The molecule has 2 aromatic rings. The molecule has 5 heteroatoms. The first kappa shape index (κ1) is 13.2. The lowest BCUT2D eigenvalue weighted by atomic mass is 9.84. The van der Waals surface area contributed by atoms with Crippen LogP contribution in [0.3, 0.4) is 0 Å². The van der Waals surface area contributed by atoms with Crippen molar-refractivity contribution in [2.24, 2.45) is 5.92 Å². The average Bonchev–Trinajstić information content (AvgIpc) is 2.90. The van der Waals surface area contributed by atoms with E-state index in [4.69, 9.17) is 4.52 Å². The summed E-state index contributed by atoms with van der Waals surface area (Å²) in [5, 5.41) is 14.0. The summed E-state index contributed by atoms with van der Waals surface area (Å²) in [6.45, 7) is 2.00. The fraction of sp³-hybridized carbons (Fsp3) is 0.533. The summed E-state index contributed by atoms with van der Waals surface area (Å²) in [7, 11) is 0. The van der Waals surface area contributed by atoms with Crippen LogP contribution in [0.4, 0.5) is 0 Å². The Morgan fingerprint density at radius 2 is 2.20 bits per heavy atom. The van der Waals surface area contributed by atoms with Crippen LogP contribution in [0.15, 0.2) is 23.0 Å². The van der Waals surface area contributed by atoms with Gasteiger partial charge in [-0.25, -0.2) is 0 Å². The summed E-state index contributed by atoms with van der Waals surface area (Å²) in [6.07, 6.45) is 8.12. The van der Waals surface area contributed by atoms with E-state index in [1.54, 1.807) is 12.4 Å². The smallest absolute Gasteiger partial charge is 0.227 e. The van der Waals surface area contributed by atoms with Gasteiger partial charge in [0, 0.05) is 24.4 Å². The molecule has 2 unspecified atom stereocenters. The third-order valence-corrected chi connectivity index (χ3v) is 4.05. The lowest BCUT2D eigenvalue weighted by molar-refractivity contribution is 0.0657. The predicted molar refractivity (Wildman–Crippen MR) is 73.9 cm³/mol. The van der Waals surface area contributed by atoms with E-state index in [0.29, 0.717) is 18.1 Å². The van der Waals surface area contributed by atoms with Crippen molar-refractivity contribution in [1.29, 1.82) is 0 Å². The summed E-state index contributed by atoms with van der Waals surface area (Å²) in [6, 6.07) is 1.93. The molecule has 5 nitrogen and oxygen atoms in total. The Labute approximate surface area is 118 Å². The summed E-state index contributed by atoms with van der Waals surface area (Å²) >= 11 is 0. The van der Waals surface area contributed by atoms with Crippen LogP contribution < -0.4 is 0 Å². The number of nitrogens with zero attached hydrogens (tertiary/aromatic N) is 3. The maximum atomic E-state index is 10.00. The second-order valence-corrected chi connectivity index (χ2v) is 5.52. The van der Waals surface area contributed by atoms with Crippen LogP contribution in [0.5, 0.6) is 0 Å². The molecular formula is C15H19N3O2. The van der Waals surface area contributed by atoms with Gasteiger partial charge in [0.2, 0.25) is 11.7 Å². The van der Waals surface area contributed by atoms with E-state index in [1.165, 1.54) is 6.42 Å². The number of aliphatic hydroxyl groups excluding tert-OH is 1. The minimum Gasteiger partial charge on any atom is -0.393 e. The highest BCUT2D eigenvalue weighted by molar-refractivity contribution is 5.57. The Bertz CT molecular complexity index is 582. The van der Waals surface area contributed by atoms with E-state index < -0.39 is 0 Å². The topological polar surface area (TPSA) is 72.0 Å². The molecule has 0 amide bonds. The third kappa shape index (κ3) is 2.72. The van der Waals surface area contributed by atoms with Crippen LogP contribution in [0.2, 0.25) is 0 Å². The van der Waals surface area contributed by atoms with Gasteiger partial charge in [-0.3, -0.25) is 4.98 Å². The van der Waals surface area contributed by atoms with Crippen molar-refractivity contribution in [1.82, 2.24) is 15.1 Å². The molecule has 1 aliphatic carbocycles. The zero-order chi connectivity index (χ0) is 13.9. The molecule has 1 N–H and O–H groups in total. The summed E-state index contributed by atoms with van der Waals surface area (Å²) < 4.78 is 5.33. The molecule has 20 heavy (non-hydrogen) atoms. The van der Waals surface area contributed by atoms with Gasteiger partial charge in [0.25, 0.3) is 0 Å². The van der Waals surface area contributed by atoms with Crippen molar-refractivity contribution >= 4 is 0 Å². The van der Waals surface area contributed by atoms with E-state index >= 15 is 0 Å². The highest BCUT2D eigenvalue weighted by atomic mass is 16.5. The van der Waals surface area contributed by atoms with Crippen molar-refractivity contribution in [3.05, 3.63) is 29.9 Å². The molecular weight excluding hydrogens is 254 g/mol. The second kappa shape index (κ2) is 5.71. The van der Waals surface area contributed by atoms with Gasteiger partial charge in [-0.05, 0) is 37.3 Å². The molecule has 2 heterocycles. The van der Waals surface area contributed by atoms with Crippen molar-refractivity contribution in [3.8, 4) is 11.4 Å². The van der Waals surface area contributed by atoms with Crippen LogP contribution in [0.25, 0.3) is 11.4 Å². The quantitative estimate of drug-likeness (QED) is 0.930. The number of aryl methyl sites for hydroxylation is 1. The first-order valence-corrected chi connectivity index (χ1v) is 7.15. The van der Waals surface area contributed by atoms with Crippen LogP contribution in [0, 0.1) is 12.8 Å². The standard InChI is InChI=1S/C15H19N3O2/c1-10-6-7-16-9-12(10)15-17-14(20-18-15)8-11-4-2-3-5-13(11)19/h6-7,9,11,13,19H,2-5,8H2,1H3. The lowest BCUT2D eigenvalue weighted by Crippen LogP contribution is -2.26. The molecule has 2 atom stereocenters. The van der Waals surface area contributed by atoms with Crippen molar-refractivity contribution < 1.29 is 9.63 Å². The average molecular weight is 273 g/mol. The van der Waals surface area contributed by atoms with Gasteiger partial charge < -0.3 is 9.63 Å². The lowest BCUT2D eigenvalue weighted by Gasteiger charge is -2.26. The van der Waals surface area contributed by atoms with Gasteiger partial charge >= 0.3 is 0 Å². The molecule has 0 spiro atoms. The Morgan fingerprint density at radius 1 is 1.35 bits per heavy atom. The zero-order valence-corrected chi connectivity index (χ0v) is 11.6. The maximum absolute atomic E-state index is 10.00. The predicted octanol–water partition coefficient (Wildman–Crippen LogP) is 2.53. The highest BCUT2D eigenvalue weighted by Gasteiger charge is 2.25. The summed E-state index contributed by atoms with van der Waals surface area (Å²) in [4.78, 5) is 8.54. The molecule has 0 saturated heterocycles. The fourth-order valence-corrected chi connectivity index (χ4v) is 2.80. The first-order chi connectivity index (χ1) is 9.74. The van der Waals surface area contributed by atoms with Crippen LogP contribution in [0.1, 0.15) is 37.1 Å². The van der Waals surface area contributed by atoms with E-state index in [0.717, 1.165) is 30.4 Å². The molecule has 1 saturated carbocycles. The van der Waals surface area contributed by atoms with Crippen LogP contribution >= 0.6 is 0 Å². The molecule has 0 bridgehead atoms. The molecule has 1 aliphatic rings. The van der Waals surface area contributed by atoms with Crippen LogP contribution in [-0.4, -0.2) is 26.3 Å². The van der Waals surface area contributed by atoms with Gasteiger partial charge in [0.05, 0.1) is 6.10 Å².